The Hall–Kier alpha value is -1.41. The minimum absolute atomic E-state index is 0.00891. The SMILES string of the molecule is CC(C)NCCCS(=O)(=O)Nc1ccccc1OC(F)F. The fourth-order valence-electron chi connectivity index (χ4n) is 1.62. The Morgan fingerprint density at radius 1 is 1.24 bits per heavy atom. The third-order valence-corrected chi connectivity index (χ3v) is 3.87. The number of ether oxygens (including phenoxy) is 1. The van der Waals surface area contributed by atoms with Crippen molar-refractivity contribution in [2.45, 2.75) is 32.9 Å². The van der Waals surface area contributed by atoms with Crippen LogP contribution >= 0.6 is 0 Å². The summed E-state index contributed by atoms with van der Waals surface area (Å²) < 4.78 is 54.8. The highest BCUT2D eigenvalue weighted by atomic mass is 32.2. The zero-order chi connectivity index (χ0) is 15.9. The van der Waals surface area contributed by atoms with Gasteiger partial charge in [-0.2, -0.15) is 8.78 Å². The van der Waals surface area contributed by atoms with Crippen LogP contribution in [-0.4, -0.2) is 33.4 Å². The van der Waals surface area contributed by atoms with E-state index in [0.717, 1.165) is 0 Å². The topological polar surface area (TPSA) is 67.4 Å². The number of hydrogen-bond donors (Lipinski definition) is 2. The van der Waals surface area contributed by atoms with E-state index in [0.29, 0.717) is 13.0 Å². The Bertz CT molecular complexity index is 536. The minimum Gasteiger partial charge on any atom is -0.433 e. The number of hydrogen-bond acceptors (Lipinski definition) is 4. The predicted octanol–water partition coefficient (Wildman–Crippen LogP) is 2.42. The number of rotatable bonds is 9. The summed E-state index contributed by atoms with van der Waals surface area (Å²) in [6.45, 7) is 1.48. The first-order valence-electron chi connectivity index (χ1n) is 6.58. The van der Waals surface area contributed by atoms with Crippen LogP contribution < -0.4 is 14.8 Å². The molecule has 8 heteroatoms. The molecule has 0 spiro atoms. The number of para-hydroxylation sites is 2. The Morgan fingerprint density at radius 2 is 1.90 bits per heavy atom. The molecular weight excluding hydrogens is 302 g/mol. The van der Waals surface area contributed by atoms with Crippen molar-refractivity contribution in [2.24, 2.45) is 0 Å². The largest absolute Gasteiger partial charge is 0.433 e. The zero-order valence-electron chi connectivity index (χ0n) is 12.0. The van der Waals surface area contributed by atoms with Gasteiger partial charge in [-0.15, -0.1) is 0 Å². The van der Waals surface area contributed by atoms with Crippen molar-refractivity contribution < 1.29 is 21.9 Å². The van der Waals surface area contributed by atoms with Gasteiger partial charge in [-0.05, 0) is 25.1 Å². The number of alkyl halides is 2. The normalized spacial score (nSPS) is 11.9. The second-order valence-corrected chi connectivity index (χ2v) is 6.60. The number of sulfonamides is 1. The van der Waals surface area contributed by atoms with Gasteiger partial charge in [0.25, 0.3) is 0 Å². The molecule has 1 rings (SSSR count). The van der Waals surface area contributed by atoms with E-state index >= 15 is 0 Å². The summed E-state index contributed by atoms with van der Waals surface area (Å²) in [7, 11) is -3.61. The third kappa shape index (κ3) is 7.24. The first kappa shape index (κ1) is 17.6. The third-order valence-electron chi connectivity index (χ3n) is 2.51. The molecule has 2 N–H and O–H groups in total. The fraction of sp³-hybridized carbons (Fsp3) is 0.538. The maximum atomic E-state index is 12.2. The number of benzene rings is 1. The van der Waals surface area contributed by atoms with Gasteiger partial charge in [0.05, 0.1) is 11.4 Å². The van der Waals surface area contributed by atoms with Gasteiger partial charge in [-0.3, -0.25) is 4.72 Å². The highest BCUT2D eigenvalue weighted by molar-refractivity contribution is 7.92. The summed E-state index contributed by atoms with van der Waals surface area (Å²) in [5.74, 6) is -0.299. The first-order chi connectivity index (χ1) is 9.80. The quantitative estimate of drug-likeness (QED) is 0.685. The lowest BCUT2D eigenvalue weighted by Crippen LogP contribution is -2.26. The van der Waals surface area contributed by atoms with Gasteiger partial charge in [-0.25, -0.2) is 8.42 Å². The Morgan fingerprint density at radius 3 is 2.52 bits per heavy atom. The molecule has 0 heterocycles. The van der Waals surface area contributed by atoms with Gasteiger partial charge < -0.3 is 10.1 Å². The summed E-state index contributed by atoms with van der Waals surface area (Å²) >= 11 is 0. The van der Waals surface area contributed by atoms with E-state index in [2.05, 4.69) is 14.8 Å². The van der Waals surface area contributed by atoms with Crippen molar-refractivity contribution in [2.75, 3.05) is 17.0 Å². The van der Waals surface area contributed by atoms with Gasteiger partial charge in [0, 0.05) is 6.04 Å². The van der Waals surface area contributed by atoms with Crippen molar-refractivity contribution in [1.29, 1.82) is 0 Å². The molecule has 0 unspecified atom stereocenters. The van der Waals surface area contributed by atoms with Crippen LogP contribution in [0.25, 0.3) is 0 Å². The highest BCUT2D eigenvalue weighted by Crippen LogP contribution is 2.26. The summed E-state index contributed by atoms with van der Waals surface area (Å²) in [6.07, 6.45) is 0.422. The van der Waals surface area contributed by atoms with Crippen molar-refractivity contribution in [1.82, 2.24) is 5.32 Å². The summed E-state index contributed by atoms with van der Waals surface area (Å²) in [4.78, 5) is 0. The van der Waals surface area contributed by atoms with Crippen LogP contribution in [0.4, 0.5) is 14.5 Å². The van der Waals surface area contributed by atoms with Crippen molar-refractivity contribution in [3.05, 3.63) is 24.3 Å². The zero-order valence-corrected chi connectivity index (χ0v) is 12.8. The molecule has 1 aromatic carbocycles. The van der Waals surface area contributed by atoms with E-state index in [1.54, 1.807) is 0 Å². The molecular formula is C13H20F2N2O3S. The first-order valence-corrected chi connectivity index (χ1v) is 8.23. The molecule has 0 saturated heterocycles. The van der Waals surface area contributed by atoms with Crippen LogP contribution in [0.1, 0.15) is 20.3 Å². The molecule has 0 aliphatic rings. The molecule has 0 aromatic heterocycles. The standard InChI is InChI=1S/C13H20F2N2O3S/c1-10(2)16-8-5-9-21(18,19)17-11-6-3-4-7-12(11)20-13(14)15/h3-4,6-7,10,13,16-17H,5,8-9H2,1-2H3. The molecule has 0 aliphatic heterocycles. The molecule has 0 amide bonds. The van der Waals surface area contributed by atoms with Crippen LogP contribution in [0.15, 0.2) is 24.3 Å². The van der Waals surface area contributed by atoms with E-state index in [-0.39, 0.29) is 23.2 Å². The van der Waals surface area contributed by atoms with Crippen LogP contribution in [0.5, 0.6) is 5.75 Å². The summed E-state index contributed by atoms with van der Waals surface area (Å²) in [6, 6.07) is 5.96. The maximum Gasteiger partial charge on any atom is 0.387 e. The molecule has 0 atom stereocenters. The van der Waals surface area contributed by atoms with Gasteiger partial charge >= 0.3 is 6.61 Å². The average Bonchev–Trinajstić information content (AvgIpc) is 2.36. The summed E-state index contributed by atoms with van der Waals surface area (Å²) in [5.41, 5.74) is 0.00891. The number of nitrogens with one attached hydrogen (secondary N) is 2. The van der Waals surface area contributed by atoms with Crippen LogP contribution in [0.2, 0.25) is 0 Å². The van der Waals surface area contributed by atoms with Crippen LogP contribution in [0.3, 0.4) is 0 Å². The molecule has 0 saturated carbocycles. The average molecular weight is 322 g/mol. The molecule has 120 valence electrons. The predicted molar refractivity (Wildman–Crippen MR) is 78.2 cm³/mol. The van der Waals surface area contributed by atoms with E-state index in [9.17, 15) is 17.2 Å². The second kappa shape index (κ2) is 8.14. The molecule has 0 fully saturated rings. The van der Waals surface area contributed by atoms with Crippen LogP contribution in [-0.2, 0) is 10.0 Å². The monoisotopic (exact) mass is 322 g/mol. The van der Waals surface area contributed by atoms with Gasteiger partial charge in [0.1, 0.15) is 5.75 Å². The summed E-state index contributed by atoms with van der Waals surface area (Å²) in [5, 5.41) is 3.10. The Labute approximate surface area is 123 Å². The highest BCUT2D eigenvalue weighted by Gasteiger charge is 2.15. The lowest BCUT2D eigenvalue weighted by atomic mass is 10.3. The Kier molecular flexibility index (Phi) is 6.83. The lowest BCUT2D eigenvalue weighted by molar-refractivity contribution is -0.0493. The molecule has 1 aromatic rings. The van der Waals surface area contributed by atoms with E-state index < -0.39 is 16.6 Å². The fourth-order valence-corrected chi connectivity index (χ4v) is 2.75. The van der Waals surface area contributed by atoms with Gasteiger partial charge in [0.15, 0.2) is 0 Å². The van der Waals surface area contributed by atoms with Crippen molar-refractivity contribution in [3.8, 4) is 5.75 Å². The number of anilines is 1. The van der Waals surface area contributed by atoms with Crippen molar-refractivity contribution in [3.63, 3.8) is 0 Å². The molecule has 0 radical (unpaired) electrons. The molecule has 21 heavy (non-hydrogen) atoms. The van der Waals surface area contributed by atoms with Crippen molar-refractivity contribution >= 4 is 15.7 Å². The lowest BCUT2D eigenvalue weighted by Gasteiger charge is -2.13. The van der Waals surface area contributed by atoms with Gasteiger partial charge in [-0.1, -0.05) is 26.0 Å². The van der Waals surface area contributed by atoms with Crippen LogP contribution in [0, 0.1) is 0 Å². The maximum absolute atomic E-state index is 12.2. The van der Waals surface area contributed by atoms with E-state index in [1.165, 1.54) is 24.3 Å². The second-order valence-electron chi connectivity index (χ2n) is 4.76. The van der Waals surface area contributed by atoms with Gasteiger partial charge in [0.2, 0.25) is 10.0 Å². The van der Waals surface area contributed by atoms with E-state index in [4.69, 9.17) is 0 Å². The molecule has 5 nitrogen and oxygen atoms in total. The molecule has 0 aliphatic carbocycles. The Balaban J connectivity index is 2.62. The molecule has 0 bridgehead atoms. The number of halogens is 2. The smallest absolute Gasteiger partial charge is 0.387 e. The van der Waals surface area contributed by atoms with E-state index in [1.807, 2.05) is 13.8 Å². The minimum atomic E-state index is -3.61.